The van der Waals surface area contributed by atoms with E-state index >= 15 is 0 Å². The summed E-state index contributed by atoms with van der Waals surface area (Å²) in [5.74, 6) is 1.57. The van der Waals surface area contributed by atoms with Crippen molar-refractivity contribution < 1.29 is 14.1 Å². The van der Waals surface area contributed by atoms with Gasteiger partial charge < -0.3 is 18.7 Å². The predicted molar refractivity (Wildman–Crippen MR) is 114 cm³/mol. The van der Waals surface area contributed by atoms with E-state index in [0.29, 0.717) is 44.3 Å². The Hall–Kier alpha value is -3.01. The highest BCUT2D eigenvalue weighted by atomic mass is 16.5. The van der Waals surface area contributed by atoms with Crippen LogP contribution in [0.3, 0.4) is 0 Å². The molecule has 1 spiro atoms. The van der Waals surface area contributed by atoms with Crippen molar-refractivity contribution in [3.8, 4) is 0 Å². The lowest BCUT2D eigenvalue weighted by atomic mass is 9.72. The Kier molecular flexibility index (Phi) is 5.11. The van der Waals surface area contributed by atoms with Gasteiger partial charge in [-0.05, 0) is 39.7 Å². The molecule has 10 heteroatoms. The molecule has 0 aromatic carbocycles. The lowest BCUT2D eigenvalue weighted by molar-refractivity contribution is 0.0107. The summed E-state index contributed by atoms with van der Waals surface area (Å²) in [5, 5.41) is 17.2. The van der Waals surface area contributed by atoms with Crippen molar-refractivity contribution in [2.24, 2.45) is 12.5 Å². The molecule has 2 saturated heterocycles. The Balaban J connectivity index is 1.45. The molecular weight excluding hydrogens is 410 g/mol. The molecule has 10 nitrogen and oxygen atoms in total. The van der Waals surface area contributed by atoms with E-state index in [1.54, 1.807) is 6.33 Å². The first-order valence-electron chi connectivity index (χ1n) is 11.0. The SMILES string of the molecule is Cc1cc(C)n(Cc2c(C(=O)N3CC(c4nncn4C)C4(CCOCC4)C3)noc2C)n1. The zero-order valence-electron chi connectivity index (χ0n) is 19.0. The van der Waals surface area contributed by atoms with Crippen LogP contribution in [0.25, 0.3) is 0 Å². The van der Waals surface area contributed by atoms with Crippen LogP contribution in [0.15, 0.2) is 16.9 Å². The molecule has 0 aliphatic carbocycles. The van der Waals surface area contributed by atoms with Gasteiger partial charge in [-0.2, -0.15) is 5.10 Å². The van der Waals surface area contributed by atoms with Gasteiger partial charge in [0.25, 0.3) is 5.91 Å². The monoisotopic (exact) mass is 439 g/mol. The molecule has 5 rings (SSSR count). The fraction of sp³-hybridized carbons (Fsp3) is 0.591. The third-order valence-electron chi connectivity index (χ3n) is 7.08. The Labute approximate surface area is 186 Å². The minimum atomic E-state index is -0.103. The maximum atomic E-state index is 13.7. The first-order chi connectivity index (χ1) is 15.4. The Morgan fingerprint density at radius 2 is 2.03 bits per heavy atom. The van der Waals surface area contributed by atoms with Crippen molar-refractivity contribution in [3.63, 3.8) is 0 Å². The van der Waals surface area contributed by atoms with Gasteiger partial charge >= 0.3 is 0 Å². The van der Waals surface area contributed by atoms with Gasteiger partial charge in [-0.1, -0.05) is 5.16 Å². The Bertz CT molecular complexity index is 1140. The van der Waals surface area contributed by atoms with Crippen LogP contribution in [0.2, 0.25) is 0 Å². The number of carbonyl (C=O) groups is 1. The van der Waals surface area contributed by atoms with Gasteiger partial charge in [0, 0.05) is 55.9 Å². The first kappa shape index (κ1) is 20.9. The molecule has 0 saturated carbocycles. The second-order valence-electron chi connectivity index (χ2n) is 9.16. The average molecular weight is 440 g/mol. The summed E-state index contributed by atoms with van der Waals surface area (Å²) in [7, 11) is 1.96. The van der Waals surface area contributed by atoms with Gasteiger partial charge in [-0.3, -0.25) is 9.48 Å². The minimum Gasteiger partial charge on any atom is -0.381 e. The number of nitrogens with zero attached hydrogens (tertiary/aromatic N) is 7. The van der Waals surface area contributed by atoms with E-state index in [-0.39, 0.29) is 17.2 Å². The van der Waals surface area contributed by atoms with Crippen LogP contribution in [-0.4, -0.2) is 66.8 Å². The summed E-state index contributed by atoms with van der Waals surface area (Å²) < 4.78 is 15.0. The standard InChI is InChI=1S/C22H29N7O3/c1-14-9-15(2)29(25-14)10-17-16(3)32-26-19(17)21(30)28-11-18(20-24-23-13-27(20)4)22(12-28)5-7-31-8-6-22/h9,13,18H,5-8,10-12H2,1-4H3. The number of aromatic nitrogens is 6. The second kappa shape index (κ2) is 7.84. The largest absolute Gasteiger partial charge is 0.381 e. The summed E-state index contributed by atoms with van der Waals surface area (Å²) in [6, 6.07) is 2.02. The van der Waals surface area contributed by atoms with Crippen molar-refractivity contribution in [3.05, 3.63) is 46.6 Å². The van der Waals surface area contributed by atoms with Crippen LogP contribution in [0.1, 0.15) is 57.8 Å². The molecule has 1 unspecified atom stereocenters. The molecule has 2 fully saturated rings. The molecule has 1 atom stereocenters. The Morgan fingerprint density at radius 3 is 2.69 bits per heavy atom. The van der Waals surface area contributed by atoms with Gasteiger partial charge in [0.15, 0.2) is 5.69 Å². The molecular formula is C22H29N7O3. The molecule has 170 valence electrons. The van der Waals surface area contributed by atoms with E-state index in [9.17, 15) is 4.79 Å². The Morgan fingerprint density at radius 1 is 1.25 bits per heavy atom. The van der Waals surface area contributed by atoms with Gasteiger partial charge in [0.05, 0.1) is 12.2 Å². The number of likely N-dealkylation sites (tertiary alicyclic amines) is 1. The molecule has 32 heavy (non-hydrogen) atoms. The smallest absolute Gasteiger partial charge is 0.276 e. The van der Waals surface area contributed by atoms with Crippen LogP contribution >= 0.6 is 0 Å². The van der Waals surface area contributed by atoms with Crippen molar-refractivity contribution in [1.29, 1.82) is 0 Å². The number of aryl methyl sites for hydroxylation is 4. The molecule has 3 aromatic heterocycles. The van der Waals surface area contributed by atoms with Crippen molar-refractivity contribution >= 4 is 5.91 Å². The van der Waals surface area contributed by atoms with E-state index in [0.717, 1.165) is 35.6 Å². The van der Waals surface area contributed by atoms with Crippen LogP contribution in [0.5, 0.6) is 0 Å². The zero-order chi connectivity index (χ0) is 22.5. The number of ether oxygens (including phenoxy) is 1. The van der Waals surface area contributed by atoms with E-state index in [1.807, 2.05) is 48.0 Å². The first-order valence-corrected chi connectivity index (χ1v) is 11.0. The van der Waals surface area contributed by atoms with Gasteiger partial charge in [-0.15, -0.1) is 10.2 Å². The van der Waals surface area contributed by atoms with Gasteiger partial charge in [0.1, 0.15) is 17.9 Å². The molecule has 2 aliphatic rings. The normalized spacial score (nSPS) is 20.4. The van der Waals surface area contributed by atoms with Crippen LogP contribution in [0, 0.1) is 26.2 Å². The molecule has 0 radical (unpaired) electrons. The highest BCUT2D eigenvalue weighted by molar-refractivity contribution is 5.94. The maximum Gasteiger partial charge on any atom is 0.276 e. The van der Waals surface area contributed by atoms with E-state index in [2.05, 4.69) is 20.5 Å². The fourth-order valence-electron chi connectivity index (χ4n) is 5.25. The number of hydrogen-bond acceptors (Lipinski definition) is 7. The maximum absolute atomic E-state index is 13.7. The van der Waals surface area contributed by atoms with E-state index < -0.39 is 0 Å². The van der Waals surface area contributed by atoms with Crippen molar-refractivity contribution in [2.45, 2.75) is 46.1 Å². The zero-order valence-corrected chi connectivity index (χ0v) is 19.0. The summed E-state index contributed by atoms with van der Waals surface area (Å²) in [4.78, 5) is 15.6. The topological polar surface area (TPSA) is 104 Å². The number of amides is 1. The van der Waals surface area contributed by atoms with Crippen LogP contribution in [-0.2, 0) is 18.3 Å². The highest BCUT2D eigenvalue weighted by Crippen LogP contribution is 2.49. The molecule has 1 amide bonds. The van der Waals surface area contributed by atoms with Crippen molar-refractivity contribution in [1.82, 2.24) is 34.6 Å². The average Bonchev–Trinajstić information content (AvgIpc) is 3.51. The lowest BCUT2D eigenvalue weighted by Crippen LogP contribution is -2.38. The number of rotatable bonds is 4. The highest BCUT2D eigenvalue weighted by Gasteiger charge is 2.51. The fourth-order valence-corrected chi connectivity index (χ4v) is 5.25. The van der Waals surface area contributed by atoms with E-state index in [4.69, 9.17) is 9.26 Å². The second-order valence-corrected chi connectivity index (χ2v) is 9.16. The van der Waals surface area contributed by atoms with Gasteiger partial charge in [0.2, 0.25) is 0 Å². The predicted octanol–water partition coefficient (Wildman–Crippen LogP) is 2.01. The number of hydrogen-bond donors (Lipinski definition) is 0. The van der Waals surface area contributed by atoms with Crippen molar-refractivity contribution in [2.75, 3.05) is 26.3 Å². The lowest BCUT2D eigenvalue weighted by Gasteiger charge is -2.37. The summed E-state index contributed by atoms with van der Waals surface area (Å²) in [6.45, 7) is 8.89. The molecule has 5 heterocycles. The van der Waals surface area contributed by atoms with E-state index in [1.165, 1.54) is 0 Å². The summed E-state index contributed by atoms with van der Waals surface area (Å²) in [6.07, 6.45) is 3.51. The van der Waals surface area contributed by atoms with Gasteiger partial charge in [-0.25, -0.2) is 0 Å². The quantitative estimate of drug-likeness (QED) is 0.612. The molecule has 3 aromatic rings. The third-order valence-corrected chi connectivity index (χ3v) is 7.08. The summed E-state index contributed by atoms with van der Waals surface area (Å²) >= 11 is 0. The number of carbonyl (C=O) groups excluding carboxylic acids is 1. The molecule has 2 aliphatic heterocycles. The van der Waals surface area contributed by atoms with Crippen LogP contribution < -0.4 is 0 Å². The van der Waals surface area contributed by atoms with Crippen LogP contribution in [0.4, 0.5) is 0 Å². The molecule has 0 N–H and O–H groups in total. The third kappa shape index (κ3) is 3.42. The summed E-state index contributed by atoms with van der Waals surface area (Å²) in [5.41, 5.74) is 3.06. The molecule has 0 bridgehead atoms. The minimum absolute atomic E-state index is 0.0661.